The van der Waals surface area contributed by atoms with E-state index in [0.29, 0.717) is 0 Å². The fraction of sp³-hybridized carbons (Fsp3) is 0.333. The predicted octanol–water partition coefficient (Wildman–Crippen LogP) is 0.857. The summed E-state index contributed by atoms with van der Waals surface area (Å²) in [5.74, 6) is 0. The summed E-state index contributed by atoms with van der Waals surface area (Å²) in [4.78, 5) is 3.50. The van der Waals surface area contributed by atoms with Crippen LogP contribution in [0.4, 0.5) is 0 Å². The molecule has 1 aromatic rings. The van der Waals surface area contributed by atoms with Crippen molar-refractivity contribution in [1.82, 2.24) is 4.98 Å². The second-order valence-electron chi connectivity index (χ2n) is 2.69. The van der Waals surface area contributed by atoms with Gasteiger partial charge in [-0.2, -0.15) is 0 Å². The molecule has 0 bridgehead atoms. The standard InChI is InChI=1S/C9H15NSi/c1-3-10-11(2)9-7-5-4-6-8-9/h4-8,10-11H,3H2,1-2H3. The van der Waals surface area contributed by atoms with E-state index in [1.54, 1.807) is 0 Å². The fourth-order valence-electron chi connectivity index (χ4n) is 1.17. The average molecular weight is 165 g/mol. The molecule has 1 N–H and O–H groups in total. The summed E-state index contributed by atoms with van der Waals surface area (Å²) < 4.78 is 0. The Morgan fingerprint density at radius 1 is 1.27 bits per heavy atom. The van der Waals surface area contributed by atoms with Crippen LogP contribution in [0.3, 0.4) is 0 Å². The van der Waals surface area contributed by atoms with E-state index in [0.717, 1.165) is 6.54 Å². The second kappa shape index (κ2) is 4.31. The van der Waals surface area contributed by atoms with Gasteiger partial charge in [-0.15, -0.1) is 0 Å². The maximum Gasteiger partial charge on any atom is 0.138 e. The van der Waals surface area contributed by atoms with Crippen LogP contribution >= 0.6 is 0 Å². The van der Waals surface area contributed by atoms with E-state index in [4.69, 9.17) is 0 Å². The van der Waals surface area contributed by atoms with Crippen molar-refractivity contribution in [3.8, 4) is 0 Å². The van der Waals surface area contributed by atoms with Gasteiger partial charge in [-0.25, -0.2) is 0 Å². The Balaban J connectivity index is 2.61. The van der Waals surface area contributed by atoms with E-state index in [-0.39, 0.29) is 0 Å². The molecule has 1 unspecified atom stereocenters. The molecule has 0 aromatic heterocycles. The molecule has 0 aliphatic rings. The van der Waals surface area contributed by atoms with Crippen LogP contribution in [0.2, 0.25) is 6.55 Å². The van der Waals surface area contributed by atoms with Gasteiger partial charge in [-0.05, 0) is 11.7 Å². The molecule has 0 aliphatic heterocycles. The zero-order valence-corrected chi connectivity index (χ0v) is 8.33. The number of hydrogen-bond acceptors (Lipinski definition) is 1. The highest BCUT2D eigenvalue weighted by Gasteiger charge is 2.02. The summed E-state index contributed by atoms with van der Waals surface area (Å²) in [7, 11) is -0.810. The molecule has 2 heteroatoms. The lowest BCUT2D eigenvalue weighted by molar-refractivity contribution is 0.995. The summed E-state index contributed by atoms with van der Waals surface area (Å²) in [5.41, 5.74) is 0. The van der Waals surface area contributed by atoms with Gasteiger partial charge in [0.25, 0.3) is 0 Å². The molecular weight excluding hydrogens is 150 g/mol. The third kappa shape index (κ3) is 2.48. The van der Waals surface area contributed by atoms with Gasteiger partial charge in [-0.3, -0.25) is 0 Å². The smallest absolute Gasteiger partial charge is 0.138 e. The highest BCUT2D eigenvalue weighted by Crippen LogP contribution is 1.84. The Morgan fingerprint density at radius 2 is 1.91 bits per heavy atom. The van der Waals surface area contributed by atoms with Crippen molar-refractivity contribution >= 4 is 14.1 Å². The van der Waals surface area contributed by atoms with Crippen molar-refractivity contribution in [2.24, 2.45) is 0 Å². The molecule has 0 amide bonds. The largest absolute Gasteiger partial charge is 0.337 e. The Morgan fingerprint density at radius 3 is 2.45 bits per heavy atom. The minimum absolute atomic E-state index is 0.810. The second-order valence-corrected chi connectivity index (χ2v) is 5.21. The third-order valence-electron chi connectivity index (χ3n) is 1.81. The van der Waals surface area contributed by atoms with Crippen LogP contribution in [0.1, 0.15) is 6.92 Å². The van der Waals surface area contributed by atoms with Crippen LogP contribution in [0.15, 0.2) is 30.3 Å². The van der Waals surface area contributed by atoms with Crippen LogP contribution in [0.5, 0.6) is 0 Å². The third-order valence-corrected chi connectivity index (χ3v) is 4.22. The van der Waals surface area contributed by atoms with Gasteiger partial charge in [0.2, 0.25) is 0 Å². The van der Waals surface area contributed by atoms with E-state index < -0.39 is 8.96 Å². The normalized spacial score (nSPS) is 12.9. The van der Waals surface area contributed by atoms with E-state index in [1.807, 2.05) is 0 Å². The number of nitrogens with one attached hydrogen (secondary N) is 1. The Kier molecular flexibility index (Phi) is 3.33. The molecule has 0 spiro atoms. The molecule has 0 saturated heterocycles. The molecule has 0 saturated carbocycles. The van der Waals surface area contributed by atoms with Gasteiger partial charge < -0.3 is 4.98 Å². The van der Waals surface area contributed by atoms with E-state index >= 15 is 0 Å². The summed E-state index contributed by atoms with van der Waals surface area (Å²) in [5, 5.41) is 1.49. The van der Waals surface area contributed by atoms with Gasteiger partial charge >= 0.3 is 0 Å². The van der Waals surface area contributed by atoms with Gasteiger partial charge in [0, 0.05) is 0 Å². The molecule has 11 heavy (non-hydrogen) atoms. The first kappa shape index (κ1) is 8.49. The highest BCUT2D eigenvalue weighted by molar-refractivity contribution is 6.69. The predicted molar refractivity (Wildman–Crippen MR) is 52.8 cm³/mol. The lowest BCUT2D eigenvalue weighted by atomic mass is 10.4. The minimum Gasteiger partial charge on any atom is -0.337 e. The number of benzene rings is 1. The van der Waals surface area contributed by atoms with Crippen LogP contribution in [0, 0.1) is 0 Å². The minimum atomic E-state index is -0.810. The lowest BCUT2D eigenvalue weighted by Gasteiger charge is -2.09. The zero-order chi connectivity index (χ0) is 8.10. The Labute approximate surface area is 70.1 Å². The maximum absolute atomic E-state index is 3.50. The van der Waals surface area contributed by atoms with E-state index in [9.17, 15) is 0 Å². The van der Waals surface area contributed by atoms with Crippen LogP contribution in [-0.4, -0.2) is 15.5 Å². The monoisotopic (exact) mass is 165 g/mol. The molecule has 1 nitrogen and oxygen atoms in total. The summed E-state index contributed by atoms with van der Waals surface area (Å²) in [6, 6.07) is 10.7. The van der Waals surface area contributed by atoms with E-state index in [1.165, 1.54) is 5.19 Å². The summed E-state index contributed by atoms with van der Waals surface area (Å²) >= 11 is 0. The first-order chi connectivity index (χ1) is 5.34. The maximum atomic E-state index is 3.50. The first-order valence-corrected chi connectivity index (χ1v) is 6.44. The van der Waals surface area contributed by atoms with Crippen LogP contribution in [0.25, 0.3) is 0 Å². The van der Waals surface area contributed by atoms with Gasteiger partial charge in [-0.1, -0.05) is 43.8 Å². The van der Waals surface area contributed by atoms with Crippen LogP contribution < -0.4 is 10.2 Å². The molecule has 1 aromatic carbocycles. The van der Waals surface area contributed by atoms with Crippen molar-refractivity contribution in [3.63, 3.8) is 0 Å². The van der Waals surface area contributed by atoms with Crippen molar-refractivity contribution in [1.29, 1.82) is 0 Å². The first-order valence-electron chi connectivity index (χ1n) is 4.13. The number of rotatable bonds is 3. The molecule has 0 fully saturated rings. The summed E-state index contributed by atoms with van der Waals surface area (Å²) in [6.07, 6.45) is 0. The number of hydrogen-bond donors (Lipinski definition) is 1. The van der Waals surface area contributed by atoms with Crippen molar-refractivity contribution in [2.45, 2.75) is 13.5 Å². The molecule has 0 aliphatic carbocycles. The van der Waals surface area contributed by atoms with E-state index in [2.05, 4.69) is 48.8 Å². The van der Waals surface area contributed by atoms with Crippen molar-refractivity contribution < 1.29 is 0 Å². The molecular formula is C9H15NSi. The molecule has 0 radical (unpaired) electrons. The highest BCUT2D eigenvalue weighted by atomic mass is 28.3. The zero-order valence-electron chi connectivity index (χ0n) is 7.17. The molecule has 1 rings (SSSR count). The quantitative estimate of drug-likeness (QED) is 0.655. The van der Waals surface area contributed by atoms with Crippen molar-refractivity contribution in [2.75, 3.05) is 6.54 Å². The molecule has 1 atom stereocenters. The van der Waals surface area contributed by atoms with Crippen molar-refractivity contribution in [3.05, 3.63) is 30.3 Å². The SMILES string of the molecule is CCN[SiH](C)c1ccccc1. The van der Waals surface area contributed by atoms with Crippen LogP contribution in [-0.2, 0) is 0 Å². The average Bonchev–Trinajstić information content (AvgIpc) is 2.07. The van der Waals surface area contributed by atoms with Gasteiger partial charge in [0.1, 0.15) is 8.96 Å². The molecule has 0 heterocycles. The Hall–Kier alpha value is -0.603. The molecule has 60 valence electrons. The fourth-order valence-corrected chi connectivity index (χ4v) is 2.81. The van der Waals surface area contributed by atoms with Gasteiger partial charge in [0.05, 0.1) is 0 Å². The lowest BCUT2D eigenvalue weighted by Crippen LogP contribution is -2.41. The van der Waals surface area contributed by atoms with Gasteiger partial charge in [0.15, 0.2) is 0 Å². The Bertz CT molecular complexity index is 198. The summed E-state index contributed by atoms with van der Waals surface area (Å²) in [6.45, 7) is 5.56. The topological polar surface area (TPSA) is 12.0 Å².